The van der Waals surface area contributed by atoms with Crippen LogP contribution in [0.4, 0.5) is 11.4 Å². The van der Waals surface area contributed by atoms with Gasteiger partial charge in [-0.15, -0.1) is 5.10 Å². The second-order valence-electron chi connectivity index (χ2n) is 12.5. The van der Waals surface area contributed by atoms with Crippen molar-refractivity contribution in [1.29, 1.82) is 0 Å². The van der Waals surface area contributed by atoms with E-state index in [1.165, 1.54) is 0 Å². The summed E-state index contributed by atoms with van der Waals surface area (Å²) in [5.74, 6) is -0.366. The summed E-state index contributed by atoms with van der Waals surface area (Å²) < 4.78 is 8.61. The number of benzene rings is 2. The minimum Gasteiger partial charge on any atom is -0.432 e. The lowest BCUT2D eigenvalue weighted by Crippen LogP contribution is -2.46. The average molecular weight is 624 g/mol. The number of hydrogen-bond donors (Lipinski definition) is 2. The number of amides is 2. The van der Waals surface area contributed by atoms with Crippen LogP contribution in [0.2, 0.25) is 23.7 Å². The molecule has 0 unspecified atom stereocenters. The zero-order valence-electron chi connectivity index (χ0n) is 24.7. The molecule has 2 saturated heterocycles. The molecule has 3 aliphatic rings. The number of anilines is 2. The molecule has 4 heterocycles. The van der Waals surface area contributed by atoms with Crippen LogP contribution in [0.5, 0.6) is 0 Å². The number of rotatable bonds is 9. The van der Waals surface area contributed by atoms with Gasteiger partial charge >= 0.3 is 0 Å². The van der Waals surface area contributed by atoms with Crippen LogP contribution in [-0.4, -0.2) is 64.3 Å². The normalized spacial score (nSPS) is 25.4. The van der Waals surface area contributed by atoms with Gasteiger partial charge in [0, 0.05) is 66.5 Å². The quantitative estimate of drug-likeness (QED) is 0.345. The van der Waals surface area contributed by atoms with Crippen LogP contribution in [0.1, 0.15) is 43.0 Å². The topological polar surface area (TPSA) is 121 Å². The molecule has 228 valence electrons. The molecule has 0 bridgehead atoms. The fraction of sp³-hybridized carbons (Fsp3) is 0.484. The fourth-order valence-corrected chi connectivity index (χ4v) is 10.1. The van der Waals surface area contributed by atoms with Gasteiger partial charge in [0.2, 0.25) is 5.91 Å². The van der Waals surface area contributed by atoms with Crippen molar-refractivity contribution < 1.29 is 24.2 Å². The third-order valence-corrected chi connectivity index (χ3v) is 11.9. The first-order valence-electron chi connectivity index (χ1n) is 14.9. The van der Waals surface area contributed by atoms with Crippen LogP contribution >= 0.6 is 11.6 Å². The van der Waals surface area contributed by atoms with Crippen molar-refractivity contribution in [3.63, 3.8) is 0 Å². The summed E-state index contributed by atoms with van der Waals surface area (Å²) in [5.41, 5.74) is 2.39. The van der Waals surface area contributed by atoms with Gasteiger partial charge < -0.3 is 24.4 Å². The highest BCUT2D eigenvalue weighted by Crippen LogP contribution is 2.60. The molecule has 2 aromatic carbocycles. The first-order chi connectivity index (χ1) is 20.5. The maximum Gasteiger partial charge on any atom is 0.264 e. The average Bonchev–Trinajstić information content (AvgIpc) is 3.71. The van der Waals surface area contributed by atoms with E-state index in [4.69, 9.17) is 16.3 Å². The second-order valence-corrected chi connectivity index (χ2v) is 16.9. The van der Waals surface area contributed by atoms with Crippen molar-refractivity contribution in [3.05, 3.63) is 70.5 Å². The Kier molecular flexibility index (Phi) is 7.97. The van der Waals surface area contributed by atoms with Gasteiger partial charge in [-0.1, -0.05) is 35.9 Å². The molecule has 2 fully saturated rings. The number of halogens is 1. The van der Waals surface area contributed by atoms with E-state index in [1.54, 1.807) is 20.5 Å². The third-order valence-electron chi connectivity index (χ3n) is 9.18. The Bertz CT molecular complexity index is 1540. The number of carbonyl (C=O) groups is 2. The van der Waals surface area contributed by atoms with E-state index in [9.17, 15) is 19.5 Å². The van der Waals surface area contributed by atoms with E-state index in [0.29, 0.717) is 49.6 Å². The zero-order valence-corrected chi connectivity index (χ0v) is 26.5. The molecule has 0 radical (unpaired) electrons. The lowest BCUT2D eigenvalue weighted by atomic mass is 9.82. The van der Waals surface area contributed by atoms with Crippen molar-refractivity contribution in [2.45, 2.75) is 76.0 Å². The van der Waals surface area contributed by atoms with Gasteiger partial charge in [-0.05, 0) is 61.8 Å². The summed E-state index contributed by atoms with van der Waals surface area (Å²) in [4.78, 5) is 42.1. The molecule has 0 aliphatic carbocycles. The van der Waals surface area contributed by atoms with Crippen LogP contribution < -0.4 is 9.80 Å². The molecule has 3 aliphatic heterocycles. The van der Waals surface area contributed by atoms with Crippen LogP contribution in [0.15, 0.2) is 48.7 Å². The Morgan fingerprint density at radius 3 is 2.72 bits per heavy atom. The molecule has 43 heavy (non-hydrogen) atoms. The van der Waals surface area contributed by atoms with Gasteiger partial charge in [-0.2, -0.15) is 0 Å². The van der Waals surface area contributed by atoms with E-state index in [-0.39, 0.29) is 29.9 Å². The highest BCUT2D eigenvalue weighted by atomic mass is 35.5. The van der Waals surface area contributed by atoms with Crippen molar-refractivity contribution in [2.75, 3.05) is 23.0 Å². The number of nitrogens with zero attached hydrogens (tertiary/aromatic N) is 5. The first kappa shape index (κ1) is 30.0. The molecule has 4 atom stereocenters. The summed E-state index contributed by atoms with van der Waals surface area (Å²) in [7, 11) is -2.82. The van der Waals surface area contributed by atoms with Crippen molar-refractivity contribution in [2.24, 2.45) is 5.92 Å². The summed E-state index contributed by atoms with van der Waals surface area (Å²) in [6.45, 7) is 7.31. The number of aryl methyl sites for hydroxylation is 1. The van der Waals surface area contributed by atoms with E-state index >= 15 is 0 Å². The summed E-state index contributed by atoms with van der Waals surface area (Å²) in [6.07, 6.45) is 3.76. The lowest BCUT2D eigenvalue weighted by Gasteiger charge is -2.32. The van der Waals surface area contributed by atoms with E-state index in [0.717, 1.165) is 28.9 Å². The molecule has 6 rings (SSSR count). The maximum atomic E-state index is 14.6. The minimum absolute atomic E-state index is 0.00189. The van der Waals surface area contributed by atoms with Crippen molar-refractivity contribution in [1.82, 2.24) is 15.0 Å². The van der Waals surface area contributed by atoms with Crippen molar-refractivity contribution in [3.8, 4) is 0 Å². The number of aromatic nitrogens is 3. The third kappa shape index (κ3) is 5.31. The van der Waals surface area contributed by atoms with Crippen LogP contribution in [-0.2, 0) is 39.4 Å². The Morgan fingerprint density at radius 2 is 2.00 bits per heavy atom. The zero-order chi connectivity index (χ0) is 30.5. The standard InChI is InChI=1S/C31H38ClN5O5Si/c1-20-29(43(2,3)41)27(11-14-35-19-23(12-15-38)33-34-35)42-31(20)25-17-22(32)9-10-26(25)37(30(31)40)18-21-6-4-7-24(16-21)36-13-5-8-28(36)39/h4,6-7,9-10,16-17,19-20,27,29,38,41H,5,8,11-15,18H2,1-3H3/t20-,27+,29-,31+/m0/s1. The number of carbonyl (C=O) groups excluding carboxylic acids is 2. The molecular formula is C31H38ClN5O5Si. The molecule has 2 N–H and O–H groups in total. The number of fused-ring (bicyclic) bond motifs is 2. The van der Waals surface area contributed by atoms with Gasteiger partial charge in [-0.3, -0.25) is 14.3 Å². The fourth-order valence-electron chi connectivity index (χ4n) is 7.34. The second kappa shape index (κ2) is 11.4. The Labute approximate surface area is 257 Å². The van der Waals surface area contributed by atoms with Crippen LogP contribution in [0.3, 0.4) is 0 Å². The molecular weight excluding hydrogens is 586 g/mol. The maximum absolute atomic E-state index is 14.6. The molecule has 3 aromatic rings. The molecule has 10 nitrogen and oxygen atoms in total. The van der Waals surface area contributed by atoms with Gasteiger partial charge in [0.05, 0.1) is 24.0 Å². The highest BCUT2D eigenvalue weighted by Gasteiger charge is 2.66. The SMILES string of the molecule is C[C@H]1[C@H]([Si](C)(C)O)[C@@H](CCn2cc(CCO)nn2)O[C@]12C(=O)N(Cc1cccc(N3CCCC3=O)c1)c1ccc(Cl)cc12. The smallest absolute Gasteiger partial charge is 0.264 e. The van der Waals surface area contributed by atoms with E-state index in [2.05, 4.69) is 10.3 Å². The number of hydrogen-bond acceptors (Lipinski definition) is 7. The Balaban J connectivity index is 1.33. The molecule has 2 amide bonds. The lowest BCUT2D eigenvalue weighted by molar-refractivity contribution is -0.146. The number of aliphatic hydroxyl groups excluding tert-OH is 1. The Hall–Kier alpha value is -3.09. The summed E-state index contributed by atoms with van der Waals surface area (Å²) in [5, 5.41) is 18.0. The van der Waals surface area contributed by atoms with Crippen molar-refractivity contribution >= 4 is 43.1 Å². The van der Waals surface area contributed by atoms with Gasteiger partial charge in [0.1, 0.15) is 0 Å². The molecule has 0 saturated carbocycles. The van der Waals surface area contributed by atoms with Gasteiger partial charge in [0.15, 0.2) is 13.9 Å². The first-order valence-corrected chi connectivity index (χ1v) is 18.3. The summed E-state index contributed by atoms with van der Waals surface area (Å²) >= 11 is 6.53. The van der Waals surface area contributed by atoms with Crippen LogP contribution in [0, 0.1) is 5.92 Å². The molecule has 12 heteroatoms. The Morgan fingerprint density at radius 1 is 1.19 bits per heavy atom. The van der Waals surface area contributed by atoms with E-state index in [1.807, 2.05) is 62.6 Å². The predicted molar refractivity (Wildman–Crippen MR) is 165 cm³/mol. The highest BCUT2D eigenvalue weighted by molar-refractivity contribution is 6.71. The molecule has 1 spiro atoms. The summed E-state index contributed by atoms with van der Waals surface area (Å²) in [6, 6.07) is 13.3. The van der Waals surface area contributed by atoms with E-state index < -0.39 is 20.0 Å². The number of aliphatic hydroxyl groups is 1. The monoisotopic (exact) mass is 623 g/mol. The molecule has 1 aromatic heterocycles. The van der Waals surface area contributed by atoms with Gasteiger partial charge in [0.25, 0.3) is 5.91 Å². The number of ether oxygens (including phenoxy) is 1. The minimum atomic E-state index is -2.82. The predicted octanol–water partition coefficient (Wildman–Crippen LogP) is 4.03. The van der Waals surface area contributed by atoms with Gasteiger partial charge in [-0.25, -0.2) is 0 Å². The van der Waals surface area contributed by atoms with Crippen LogP contribution in [0.25, 0.3) is 0 Å². The largest absolute Gasteiger partial charge is 0.432 e.